The van der Waals surface area contributed by atoms with Crippen LogP contribution in [0.3, 0.4) is 0 Å². The van der Waals surface area contributed by atoms with Gasteiger partial charge in [-0.05, 0) is 37.2 Å². The maximum Gasteiger partial charge on any atom is 0.226 e. The zero-order valence-electron chi connectivity index (χ0n) is 16.2. The molecule has 2 heterocycles. The van der Waals surface area contributed by atoms with Crippen LogP contribution in [0.15, 0.2) is 30.3 Å². The van der Waals surface area contributed by atoms with Gasteiger partial charge in [0.2, 0.25) is 11.8 Å². The number of rotatable bonds is 6. The largest absolute Gasteiger partial charge is 0.385 e. The fraction of sp³-hybridized carbons (Fsp3) is 0.636. The highest BCUT2D eigenvalue weighted by Crippen LogP contribution is 2.49. The molecule has 1 saturated carbocycles. The molecule has 4 rings (SSSR count). The van der Waals surface area contributed by atoms with Gasteiger partial charge in [-0.3, -0.25) is 9.59 Å². The van der Waals surface area contributed by atoms with Crippen molar-refractivity contribution in [2.75, 3.05) is 39.9 Å². The lowest BCUT2D eigenvalue weighted by atomic mass is 9.77. The van der Waals surface area contributed by atoms with Crippen molar-refractivity contribution in [3.63, 3.8) is 0 Å². The SMILES string of the molecule is COCCCN1CC2(CCN(C(=O)[C@@H]3C[C@H]3c3ccccc3)CC2)CC1=O. The van der Waals surface area contributed by atoms with Crippen molar-refractivity contribution < 1.29 is 14.3 Å². The summed E-state index contributed by atoms with van der Waals surface area (Å²) in [4.78, 5) is 29.3. The summed E-state index contributed by atoms with van der Waals surface area (Å²) in [5.41, 5.74) is 1.38. The van der Waals surface area contributed by atoms with Gasteiger partial charge in [-0.2, -0.15) is 0 Å². The van der Waals surface area contributed by atoms with Crippen LogP contribution in [0.5, 0.6) is 0 Å². The maximum atomic E-state index is 12.9. The van der Waals surface area contributed by atoms with Gasteiger partial charge in [-0.1, -0.05) is 30.3 Å². The predicted molar refractivity (Wildman–Crippen MR) is 103 cm³/mol. The number of hydrogen-bond acceptors (Lipinski definition) is 3. The van der Waals surface area contributed by atoms with Gasteiger partial charge < -0.3 is 14.5 Å². The van der Waals surface area contributed by atoms with Crippen LogP contribution in [0.2, 0.25) is 0 Å². The molecule has 1 aromatic carbocycles. The lowest BCUT2D eigenvalue weighted by molar-refractivity contribution is -0.134. The molecule has 2 aliphatic heterocycles. The summed E-state index contributed by atoms with van der Waals surface area (Å²) in [6.07, 6.45) is 4.43. The molecule has 5 heteroatoms. The number of amides is 2. The number of ether oxygens (including phenoxy) is 1. The normalized spacial score (nSPS) is 26.6. The molecule has 3 aliphatic rings. The summed E-state index contributed by atoms with van der Waals surface area (Å²) in [5, 5.41) is 0. The molecule has 2 amide bonds. The Morgan fingerprint density at radius 2 is 1.96 bits per heavy atom. The second-order valence-corrected chi connectivity index (χ2v) is 8.52. The fourth-order valence-corrected chi connectivity index (χ4v) is 4.89. The van der Waals surface area contributed by atoms with E-state index in [-0.39, 0.29) is 17.2 Å². The summed E-state index contributed by atoms with van der Waals surface area (Å²) < 4.78 is 5.10. The number of likely N-dealkylation sites (tertiary alicyclic amines) is 2. The van der Waals surface area contributed by atoms with Crippen molar-refractivity contribution in [3.05, 3.63) is 35.9 Å². The Hall–Kier alpha value is -1.88. The van der Waals surface area contributed by atoms with E-state index in [1.807, 2.05) is 11.0 Å². The number of methoxy groups -OCH3 is 1. The summed E-state index contributed by atoms with van der Waals surface area (Å²) in [6.45, 7) is 3.95. The smallest absolute Gasteiger partial charge is 0.226 e. The minimum atomic E-state index is 0.0866. The van der Waals surface area contributed by atoms with Crippen LogP contribution >= 0.6 is 0 Å². The molecule has 1 aromatic rings. The van der Waals surface area contributed by atoms with Crippen molar-refractivity contribution >= 4 is 11.8 Å². The van der Waals surface area contributed by atoms with Crippen molar-refractivity contribution in [2.24, 2.45) is 11.3 Å². The molecule has 3 fully saturated rings. The van der Waals surface area contributed by atoms with Crippen LogP contribution < -0.4 is 0 Å². The third-order valence-electron chi connectivity index (χ3n) is 6.65. The van der Waals surface area contributed by atoms with Crippen LogP contribution in [-0.4, -0.2) is 61.5 Å². The van der Waals surface area contributed by atoms with Crippen LogP contribution in [0.25, 0.3) is 0 Å². The van der Waals surface area contributed by atoms with Gasteiger partial charge in [0, 0.05) is 57.6 Å². The van der Waals surface area contributed by atoms with Gasteiger partial charge >= 0.3 is 0 Å². The topological polar surface area (TPSA) is 49.9 Å². The lowest BCUT2D eigenvalue weighted by Crippen LogP contribution is -2.45. The minimum absolute atomic E-state index is 0.0866. The summed E-state index contributed by atoms with van der Waals surface area (Å²) in [7, 11) is 1.70. The quantitative estimate of drug-likeness (QED) is 0.724. The molecule has 0 bridgehead atoms. The van der Waals surface area contributed by atoms with E-state index in [1.165, 1.54) is 5.56 Å². The molecule has 0 radical (unpaired) electrons. The molecular formula is C22H30N2O3. The number of benzene rings is 1. The minimum Gasteiger partial charge on any atom is -0.385 e. The molecule has 27 heavy (non-hydrogen) atoms. The molecule has 0 aromatic heterocycles. The van der Waals surface area contributed by atoms with Crippen LogP contribution in [0.1, 0.15) is 43.6 Å². The highest BCUT2D eigenvalue weighted by atomic mass is 16.5. The average Bonchev–Trinajstić information content (AvgIpc) is 3.43. The third kappa shape index (κ3) is 3.88. The Bertz CT molecular complexity index is 682. The first kappa shape index (κ1) is 18.5. The molecule has 2 saturated heterocycles. The molecule has 2 atom stereocenters. The van der Waals surface area contributed by atoms with Gasteiger partial charge in [0.25, 0.3) is 0 Å². The number of hydrogen-bond donors (Lipinski definition) is 0. The standard InChI is InChI=1S/C22H30N2O3/c1-27-13-5-10-24-16-22(15-20(24)25)8-11-23(12-9-22)21(26)19-14-18(19)17-6-3-2-4-7-17/h2-4,6-7,18-19H,5,8-16H2,1H3/t18-,19+/m0/s1. The average molecular weight is 370 g/mol. The number of piperidine rings is 1. The summed E-state index contributed by atoms with van der Waals surface area (Å²) in [6, 6.07) is 10.4. The second-order valence-electron chi connectivity index (χ2n) is 8.52. The molecule has 1 aliphatic carbocycles. The van der Waals surface area contributed by atoms with Crippen LogP contribution in [0, 0.1) is 11.3 Å². The van der Waals surface area contributed by atoms with Crippen molar-refractivity contribution in [3.8, 4) is 0 Å². The second kappa shape index (κ2) is 7.63. The van der Waals surface area contributed by atoms with Gasteiger partial charge in [-0.15, -0.1) is 0 Å². The zero-order valence-corrected chi connectivity index (χ0v) is 16.2. The third-order valence-corrected chi connectivity index (χ3v) is 6.65. The highest BCUT2D eigenvalue weighted by Gasteiger charge is 2.49. The predicted octanol–water partition coefficient (Wildman–Crippen LogP) is 2.67. The van der Waals surface area contributed by atoms with E-state index < -0.39 is 0 Å². The first-order valence-electron chi connectivity index (χ1n) is 10.2. The lowest BCUT2D eigenvalue weighted by Gasteiger charge is -2.39. The molecule has 0 N–H and O–H groups in total. The van der Waals surface area contributed by atoms with E-state index in [4.69, 9.17) is 4.74 Å². The van der Waals surface area contributed by atoms with Gasteiger partial charge in [-0.25, -0.2) is 0 Å². The first-order valence-corrected chi connectivity index (χ1v) is 10.2. The Morgan fingerprint density at radius 3 is 2.67 bits per heavy atom. The van der Waals surface area contributed by atoms with Gasteiger partial charge in [0.15, 0.2) is 0 Å². The van der Waals surface area contributed by atoms with Gasteiger partial charge in [0.1, 0.15) is 0 Å². The molecule has 5 nitrogen and oxygen atoms in total. The van der Waals surface area contributed by atoms with Crippen LogP contribution in [0.4, 0.5) is 0 Å². The maximum absolute atomic E-state index is 12.9. The Balaban J connectivity index is 1.28. The van der Waals surface area contributed by atoms with E-state index in [9.17, 15) is 9.59 Å². The van der Waals surface area contributed by atoms with E-state index in [0.29, 0.717) is 24.9 Å². The summed E-state index contributed by atoms with van der Waals surface area (Å²) in [5.74, 6) is 1.16. The fourth-order valence-electron chi connectivity index (χ4n) is 4.89. The van der Waals surface area contributed by atoms with Crippen LogP contribution in [-0.2, 0) is 14.3 Å². The van der Waals surface area contributed by atoms with E-state index in [1.54, 1.807) is 7.11 Å². The highest BCUT2D eigenvalue weighted by molar-refractivity contribution is 5.83. The van der Waals surface area contributed by atoms with Crippen molar-refractivity contribution in [1.82, 2.24) is 9.80 Å². The Morgan fingerprint density at radius 1 is 1.22 bits per heavy atom. The molecular weight excluding hydrogens is 340 g/mol. The van der Waals surface area contributed by atoms with E-state index in [2.05, 4.69) is 29.2 Å². The number of carbonyl (C=O) groups excluding carboxylic acids is 2. The molecule has 146 valence electrons. The molecule has 0 unspecified atom stereocenters. The van der Waals surface area contributed by atoms with E-state index >= 15 is 0 Å². The monoisotopic (exact) mass is 370 g/mol. The number of nitrogens with zero attached hydrogens (tertiary/aromatic N) is 2. The van der Waals surface area contributed by atoms with Crippen molar-refractivity contribution in [2.45, 2.75) is 38.0 Å². The van der Waals surface area contributed by atoms with E-state index in [0.717, 1.165) is 51.9 Å². The first-order chi connectivity index (χ1) is 13.1. The Labute approximate surface area is 161 Å². The summed E-state index contributed by atoms with van der Waals surface area (Å²) >= 11 is 0. The van der Waals surface area contributed by atoms with Crippen molar-refractivity contribution in [1.29, 1.82) is 0 Å². The van der Waals surface area contributed by atoms with Gasteiger partial charge in [0.05, 0.1) is 0 Å². The zero-order chi connectivity index (χ0) is 18.9. The number of carbonyl (C=O) groups is 2. The molecule has 1 spiro atoms. The Kier molecular flexibility index (Phi) is 5.22.